The molecule has 0 aliphatic carbocycles. The number of imide groups is 1. The number of aliphatic hydroxyl groups is 1. The molecule has 1 unspecified atom stereocenters. The van der Waals surface area contributed by atoms with Crippen LogP contribution in [0.2, 0.25) is 0 Å². The molecule has 3 aliphatic heterocycles. The van der Waals surface area contributed by atoms with Crippen molar-refractivity contribution >= 4 is 23.4 Å². The predicted octanol–water partition coefficient (Wildman–Crippen LogP) is 0.468. The van der Waals surface area contributed by atoms with Crippen molar-refractivity contribution in [2.45, 2.75) is 38.2 Å². The summed E-state index contributed by atoms with van der Waals surface area (Å²) in [6.07, 6.45) is -0.601. The Morgan fingerprint density at radius 2 is 1.76 bits per heavy atom. The molecule has 6 N–H and O–H groups in total. The maximum absolute atomic E-state index is 15.3. The number of ether oxygens (including phenoxy) is 1. The molecule has 1 atom stereocenters. The molecular formula is C25H27FN4O8. The van der Waals surface area contributed by atoms with Crippen LogP contribution in [0.15, 0.2) is 18.2 Å². The van der Waals surface area contributed by atoms with Crippen LogP contribution in [0, 0.1) is 5.82 Å². The molecular weight excluding hydrogens is 503 g/mol. The number of anilines is 1. The number of nitrogens with zero attached hydrogens (tertiary/aromatic N) is 2. The molecule has 2 aromatic carbocycles. The second-order valence-corrected chi connectivity index (χ2v) is 9.49. The van der Waals surface area contributed by atoms with E-state index in [1.165, 1.54) is 0 Å². The minimum Gasteiger partial charge on any atom is -0.504 e. The number of hydrogen-bond acceptors (Lipinski definition) is 10. The van der Waals surface area contributed by atoms with Crippen molar-refractivity contribution in [2.24, 2.45) is 0 Å². The van der Waals surface area contributed by atoms with E-state index in [1.807, 2.05) is 5.32 Å². The number of nitrogens with one attached hydrogen (secondary N) is 2. The smallest absolute Gasteiger partial charge is 0.279 e. The zero-order valence-corrected chi connectivity index (χ0v) is 20.3. The lowest BCUT2D eigenvalue weighted by atomic mass is 10.00. The van der Waals surface area contributed by atoms with E-state index in [0.717, 1.165) is 4.90 Å². The van der Waals surface area contributed by atoms with Crippen LogP contribution in [-0.2, 0) is 34.0 Å². The first-order valence-electron chi connectivity index (χ1n) is 12.1. The van der Waals surface area contributed by atoms with Crippen LogP contribution in [0.4, 0.5) is 10.1 Å². The quantitative estimate of drug-likeness (QED) is 0.175. The Bertz CT molecular complexity index is 1330. The van der Waals surface area contributed by atoms with Gasteiger partial charge in [-0.05, 0) is 0 Å². The van der Waals surface area contributed by atoms with Gasteiger partial charge < -0.3 is 30.5 Å². The third-order valence-electron chi connectivity index (χ3n) is 7.18. The molecule has 0 radical (unpaired) electrons. The Balaban J connectivity index is 1.42. The van der Waals surface area contributed by atoms with E-state index < -0.39 is 58.6 Å². The Morgan fingerprint density at radius 1 is 1.05 bits per heavy atom. The highest BCUT2D eigenvalue weighted by Crippen LogP contribution is 2.50. The average Bonchev–Trinajstić information content (AvgIpc) is 3.25. The molecule has 0 saturated carbocycles. The minimum atomic E-state index is -2.39. The van der Waals surface area contributed by atoms with Crippen molar-refractivity contribution in [3.63, 3.8) is 0 Å². The maximum Gasteiger partial charge on any atom is 0.279 e. The number of piperidine rings is 1. The van der Waals surface area contributed by atoms with Crippen molar-refractivity contribution in [3.8, 4) is 17.2 Å². The SMILES string of the molecule is O=C1CCC(O)(N2Cc3c(NCc4cccc(CN5CCOCC5)c4F)c(O)c(O)c(O)c3C2=O)C(=O)N1. The van der Waals surface area contributed by atoms with Crippen molar-refractivity contribution in [1.29, 1.82) is 0 Å². The van der Waals surface area contributed by atoms with Crippen LogP contribution >= 0.6 is 0 Å². The van der Waals surface area contributed by atoms with Crippen molar-refractivity contribution in [1.82, 2.24) is 15.1 Å². The number of hydrogen-bond donors (Lipinski definition) is 6. The first-order chi connectivity index (χ1) is 18.1. The van der Waals surface area contributed by atoms with Gasteiger partial charge in [-0.15, -0.1) is 0 Å². The fourth-order valence-electron chi connectivity index (χ4n) is 5.03. The number of carbonyl (C=O) groups excluding carboxylic acids is 3. The number of benzene rings is 2. The summed E-state index contributed by atoms with van der Waals surface area (Å²) in [6, 6.07) is 4.91. The number of phenolic OH excluding ortho intramolecular Hbond substituents is 3. The lowest BCUT2D eigenvalue weighted by Crippen LogP contribution is -2.63. The van der Waals surface area contributed by atoms with Crippen molar-refractivity contribution in [2.75, 3.05) is 31.6 Å². The summed E-state index contributed by atoms with van der Waals surface area (Å²) in [4.78, 5) is 40.0. The van der Waals surface area contributed by atoms with Crippen molar-refractivity contribution < 1.29 is 43.9 Å². The van der Waals surface area contributed by atoms with Gasteiger partial charge in [0.25, 0.3) is 11.8 Å². The fraction of sp³-hybridized carbons (Fsp3) is 0.400. The summed E-state index contributed by atoms with van der Waals surface area (Å²) in [5.41, 5.74) is -2.27. The lowest BCUT2D eigenvalue weighted by Gasteiger charge is -2.37. The van der Waals surface area contributed by atoms with Crippen LogP contribution in [0.5, 0.6) is 17.2 Å². The lowest BCUT2D eigenvalue weighted by molar-refractivity contribution is -0.167. The van der Waals surface area contributed by atoms with Crippen LogP contribution in [0.1, 0.15) is 39.9 Å². The Labute approximate surface area is 216 Å². The molecule has 0 bridgehead atoms. The zero-order valence-electron chi connectivity index (χ0n) is 20.3. The third-order valence-corrected chi connectivity index (χ3v) is 7.18. The number of morpholine rings is 1. The number of rotatable bonds is 6. The molecule has 202 valence electrons. The van der Waals surface area contributed by atoms with Crippen molar-refractivity contribution in [3.05, 3.63) is 46.3 Å². The van der Waals surface area contributed by atoms with Gasteiger partial charge in [-0.2, -0.15) is 0 Å². The van der Waals surface area contributed by atoms with Gasteiger partial charge in [0, 0.05) is 55.7 Å². The summed E-state index contributed by atoms with van der Waals surface area (Å²) in [5, 5.41) is 47.1. The predicted molar refractivity (Wildman–Crippen MR) is 128 cm³/mol. The average molecular weight is 531 g/mol. The van der Waals surface area contributed by atoms with Gasteiger partial charge in [0.05, 0.1) is 31.0 Å². The fourth-order valence-corrected chi connectivity index (χ4v) is 5.03. The van der Waals surface area contributed by atoms with E-state index in [-0.39, 0.29) is 36.2 Å². The normalized spacial score (nSPS) is 21.9. The number of carbonyl (C=O) groups is 3. The van der Waals surface area contributed by atoms with Crippen LogP contribution in [-0.4, -0.2) is 80.0 Å². The molecule has 5 rings (SSSR count). The molecule has 2 saturated heterocycles. The molecule has 3 aliphatic rings. The van der Waals surface area contributed by atoms with Gasteiger partial charge in [-0.3, -0.25) is 29.5 Å². The number of halogens is 1. The van der Waals surface area contributed by atoms with Gasteiger partial charge in [-0.1, -0.05) is 18.2 Å². The first-order valence-corrected chi connectivity index (χ1v) is 12.1. The van der Waals surface area contributed by atoms with Gasteiger partial charge in [0.2, 0.25) is 17.4 Å². The molecule has 2 aromatic rings. The number of fused-ring (bicyclic) bond motifs is 1. The molecule has 38 heavy (non-hydrogen) atoms. The molecule has 3 amide bonds. The van der Waals surface area contributed by atoms with E-state index in [9.17, 15) is 34.8 Å². The van der Waals surface area contributed by atoms with Gasteiger partial charge in [-0.25, -0.2) is 4.39 Å². The highest BCUT2D eigenvalue weighted by Gasteiger charge is 2.52. The second-order valence-electron chi connectivity index (χ2n) is 9.49. The Morgan fingerprint density at radius 3 is 2.47 bits per heavy atom. The standard InChI is InChI=1S/C25H27FN4O8/c26-18-13(2-1-3-14(18)11-29-6-8-38-9-7-29)10-27-19-15-12-30(25(37)5-4-16(31)28-24(25)36)23(35)17(15)20(32)22(34)21(19)33/h1-3,27,32-34,37H,4-12H2,(H,28,31,36). The minimum absolute atomic E-state index is 0.00851. The van der Waals surface area contributed by atoms with Gasteiger partial charge in [0.1, 0.15) is 5.82 Å². The van der Waals surface area contributed by atoms with E-state index in [0.29, 0.717) is 38.4 Å². The second kappa shape index (κ2) is 9.74. The monoisotopic (exact) mass is 530 g/mol. The molecule has 2 fully saturated rings. The number of aromatic hydroxyl groups is 3. The Hall–Kier alpha value is -3.94. The molecule has 3 heterocycles. The topological polar surface area (TPSA) is 172 Å². The van der Waals surface area contributed by atoms with E-state index in [1.54, 1.807) is 18.2 Å². The van der Waals surface area contributed by atoms with Crippen LogP contribution < -0.4 is 10.6 Å². The van der Waals surface area contributed by atoms with Gasteiger partial charge in [0.15, 0.2) is 11.5 Å². The third kappa shape index (κ3) is 4.27. The van der Waals surface area contributed by atoms with Crippen LogP contribution in [0.3, 0.4) is 0 Å². The summed E-state index contributed by atoms with van der Waals surface area (Å²) < 4.78 is 20.7. The summed E-state index contributed by atoms with van der Waals surface area (Å²) in [6.45, 7) is 2.29. The Kier molecular flexibility index (Phi) is 6.59. The molecule has 0 aromatic heterocycles. The molecule has 13 heteroatoms. The van der Waals surface area contributed by atoms with E-state index >= 15 is 4.39 Å². The number of phenols is 3. The molecule has 12 nitrogen and oxygen atoms in total. The van der Waals surface area contributed by atoms with Crippen LogP contribution in [0.25, 0.3) is 0 Å². The summed E-state index contributed by atoms with van der Waals surface area (Å²) in [7, 11) is 0. The summed E-state index contributed by atoms with van der Waals surface area (Å²) >= 11 is 0. The van der Waals surface area contributed by atoms with E-state index in [2.05, 4.69) is 10.2 Å². The maximum atomic E-state index is 15.3. The van der Waals surface area contributed by atoms with Gasteiger partial charge >= 0.3 is 0 Å². The number of amides is 3. The summed E-state index contributed by atoms with van der Waals surface area (Å²) in [5.74, 6) is -5.85. The first kappa shape index (κ1) is 25.7. The zero-order chi connectivity index (χ0) is 27.2. The highest BCUT2D eigenvalue weighted by atomic mass is 19.1. The molecule has 0 spiro atoms. The van der Waals surface area contributed by atoms with E-state index in [4.69, 9.17) is 4.74 Å². The highest BCUT2D eigenvalue weighted by molar-refractivity contribution is 6.09. The largest absolute Gasteiger partial charge is 0.504 e.